The van der Waals surface area contributed by atoms with E-state index in [4.69, 9.17) is 16.3 Å². The zero-order valence-electron chi connectivity index (χ0n) is 9.70. The van der Waals surface area contributed by atoms with Crippen LogP contribution in [-0.2, 0) is 9.53 Å². The van der Waals surface area contributed by atoms with Gasteiger partial charge < -0.3 is 10.1 Å². The number of halogens is 1. The summed E-state index contributed by atoms with van der Waals surface area (Å²) in [6.45, 7) is 1.56. The second-order valence-electron chi connectivity index (χ2n) is 3.60. The van der Waals surface area contributed by atoms with Crippen LogP contribution in [0.5, 0.6) is 0 Å². The average Bonchev–Trinajstić information content (AvgIpc) is 2.28. The van der Waals surface area contributed by atoms with Gasteiger partial charge in [-0.3, -0.25) is 9.59 Å². The largest absolute Gasteiger partial charge is 0.382 e. The molecule has 1 rings (SSSR count). The molecule has 17 heavy (non-hydrogen) atoms. The first-order valence-corrected chi connectivity index (χ1v) is 5.48. The van der Waals surface area contributed by atoms with Gasteiger partial charge in [-0.25, -0.2) is 0 Å². The third kappa shape index (κ3) is 4.17. The first kappa shape index (κ1) is 13.7. The van der Waals surface area contributed by atoms with E-state index >= 15 is 0 Å². The molecule has 0 aliphatic rings. The number of carbonyl (C=O) groups is 2. The molecule has 1 atom stereocenters. The summed E-state index contributed by atoms with van der Waals surface area (Å²) in [5.41, 5.74) is 0.417. The van der Waals surface area contributed by atoms with Crippen molar-refractivity contribution in [2.24, 2.45) is 0 Å². The van der Waals surface area contributed by atoms with Gasteiger partial charge in [-0.2, -0.15) is 0 Å². The number of nitrogens with one attached hydrogen (secondary N) is 1. The number of Topliss-reactive ketones (excluding diaryl/α,β-unsaturated/α-hetero) is 1. The van der Waals surface area contributed by atoms with Crippen LogP contribution in [-0.4, -0.2) is 31.4 Å². The maximum atomic E-state index is 11.8. The van der Waals surface area contributed by atoms with E-state index in [1.807, 2.05) is 0 Å². The van der Waals surface area contributed by atoms with Crippen molar-refractivity contribution < 1.29 is 14.3 Å². The van der Waals surface area contributed by atoms with E-state index in [1.165, 1.54) is 14.0 Å². The van der Waals surface area contributed by atoms with E-state index in [-0.39, 0.29) is 18.3 Å². The summed E-state index contributed by atoms with van der Waals surface area (Å²) in [5, 5.41) is 3.06. The molecule has 0 heterocycles. The van der Waals surface area contributed by atoms with E-state index in [1.54, 1.807) is 24.3 Å². The minimum absolute atomic E-state index is 0.151. The Morgan fingerprint density at radius 3 is 2.71 bits per heavy atom. The number of ketones is 1. The Morgan fingerprint density at radius 1 is 1.47 bits per heavy atom. The van der Waals surface area contributed by atoms with E-state index in [0.717, 1.165) is 0 Å². The summed E-state index contributed by atoms with van der Waals surface area (Å²) in [4.78, 5) is 23.1. The molecule has 1 aromatic rings. The van der Waals surface area contributed by atoms with E-state index < -0.39 is 6.04 Å². The molecule has 0 saturated carbocycles. The lowest BCUT2D eigenvalue weighted by Crippen LogP contribution is -2.42. The van der Waals surface area contributed by atoms with Crippen LogP contribution in [0.2, 0.25) is 5.02 Å². The molecule has 5 heteroatoms. The zero-order valence-corrected chi connectivity index (χ0v) is 10.5. The van der Waals surface area contributed by atoms with Gasteiger partial charge in [-0.15, -0.1) is 0 Å². The van der Waals surface area contributed by atoms with E-state index in [9.17, 15) is 9.59 Å². The lowest BCUT2D eigenvalue weighted by Gasteiger charge is -2.14. The normalized spacial score (nSPS) is 11.9. The minimum Gasteiger partial charge on any atom is -0.382 e. The number of methoxy groups -OCH3 is 1. The first-order valence-electron chi connectivity index (χ1n) is 5.10. The first-order chi connectivity index (χ1) is 8.04. The highest BCUT2D eigenvalue weighted by atomic mass is 35.5. The van der Waals surface area contributed by atoms with Gasteiger partial charge in [0.05, 0.1) is 6.61 Å². The molecule has 0 spiro atoms. The van der Waals surface area contributed by atoms with Crippen LogP contribution in [0.1, 0.15) is 17.3 Å². The lowest BCUT2D eigenvalue weighted by atomic mass is 10.1. The molecule has 0 saturated heterocycles. The minimum atomic E-state index is -0.633. The fourth-order valence-corrected chi connectivity index (χ4v) is 1.49. The molecule has 0 aliphatic heterocycles. The third-order valence-corrected chi connectivity index (χ3v) is 2.45. The predicted molar refractivity (Wildman–Crippen MR) is 65.3 cm³/mol. The molecule has 1 amide bonds. The second-order valence-corrected chi connectivity index (χ2v) is 4.04. The van der Waals surface area contributed by atoms with Gasteiger partial charge in [0.25, 0.3) is 5.91 Å². The van der Waals surface area contributed by atoms with E-state index in [0.29, 0.717) is 10.6 Å². The van der Waals surface area contributed by atoms with Gasteiger partial charge >= 0.3 is 0 Å². The van der Waals surface area contributed by atoms with Crippen molar-refractivity contribution in [2.75, 3.05) is 13.7 Å². The Labute approximate surface area is 105 Å². The highest BCUT2D eigenvalue weighted by molar-refractivity contribution is 6.30. The quantitative estimate of drug-likeness (QED) is 0.871. The van der Waals surface area contributed by atoms with Crippen LogP contribution in [0, 0.1) is 0 Å². The Kier molecular flexibility index (Phi) is 5.12. The SMILES string of the molecule is COC[C@@H](NC(=O)c1cccc(Cl)c1)C(C)=O. The topological polar surface area (TPSA) is 55.4 Å². The molecular weight excluding hydrogens is 242 g/mol. The standard InChI is InChI=1S/C12H14ClNO3/c1-8(15)11(7-17-2)14-12(16)9-4-3-5-10(13)6-9/h3-6,11H,7H2,1-2H3,(H,14,16)/t11-/m1/s1. The van der Waals surface area contributed by atoms with Crippen LogP contribution >= 0.6 is 11.6 Å². The fourth-order valence-electron chi connectivity index (χ4n) is 1.30. The maximum Gasteiger partial charge on any atom is 0.251 e. The number of benzene rings is 1. The van der Waals surface area contributed by atoms with Crippen LogP contribution in [0.4, 0.5) is 0 Å². The summed E-state index contributed by atoms with van der Waals surface area (Å²) < 4.78 is 4.86. The van der Waals surface area contributed by atoms with Crippen LogP contribution < -0.4 is 5.32 Å². The average molecular weight is 256 g/mol. The van der Waals surface area contributed by atoms with Crippen molar-refractivity contribution in [2.45, 2.75) is 13.0 Å². The molecule has 0 aromatic heterocycles. The molecule has 0 unspecified atom stereocenters. The Balaban J connectivity index is 2.73. The fraction of sp³-hybridized carbons (Fsp3) is 0.333. The van der Waals surface area contributed by atoms with Crippen molar-refractivity contribution in [3.63, 3.8) is 0 Å². The van der Waals surface area contributed by atoms with Crippen molar-refractivity contribution in [3.8, 4) is 0 Å². The van der Waals surface area contributed by atoms with Gasteiger partial charge in [-0.1, -0.05) is 17.7 Å². The van der Waals surface area contributed by atoms with Crippen molar-refractivity contribution >= 4 is 23.3 Å². The zero-order chi connectivity index (χ0) is 12.8. The molecule has 0 aliphatic carbocycles. The number of ether oxygens (including phenoxy) is 1. The predicted octanol–water partition coefficient (Wildman–Crippen LogP) is 1.67. The highest BCUT2D eigenvalue weighted by Gasteiger charge is 2.17. The van der Waals surface area contributed by atoms with Gasteiger partial charge in [-0.05, 0) is 25.1 Å². The Morgan fingerprint density at radius 2 is 2.18 bits per heavy atom. The third-order valence-electron chi connectivity index (χ3n) is 2.22. The Bertz CT molecular complexity index is 420. The smallest absolute Gasteiger partial charge is 0.251 e. The number of rotatable bonds is 5. The van der Waals surface area contributed by atoms with Crippen molar-refractivity contribution in [1.29, 1.82) is 0 Å². The van der Waals surface area contributed by atoms with Gasteiger partial charge in [0.15, 0.2) is 5.78 Å². The second kappa shape index (κ2) is 6.37. The van der Waals surface area contributed by atoms with Crippen LogP contribution in [0.3, 0.4) is 0 Å². The maximum absolute atomic E-state index is 11.8. The molecule has 0 fully saturated rings. The molecule has 4 nitrogen and oxygen atoms in total. The molecule has 0 radical (unpaired) electrons. The summed E-state index contributed by atoms with van der Waals surface area (Å²) >= 11 is 5.78. The number of amides is 1. The Hall–Kier alpha value is -1.39. The summed E-state index contributed by atoms with van der Waals surface area (Å²) in [5.74, 6) is -0.494. The van der Waals surface area contributed by atoms with Crippen molar-refractivity contribution in [3.05, 3.63) is 34.9 Å². The van der Waals surface area contributed by atoms with Gasteiger partial charge in [0, 0.05) is 17.7 Å². The summed E-state index contributed by atoms with van der Waals surface area (Å²) in [6.07, 6.45) is 0. The van der Waals surface area contributed by atoms with Crippen LogP contribution in [0.15, 0.2) is 24.3 Å². The molecule has 0 bridgehead atoms. The monoisotopic (exact) mass is 255 g/mol. The van der Waals surface area contributed by atoms with Gasteiger partial charge in [0.2, 0.25) is 0 Å². The highest BCUT2D eigenvalue weighted by Crippen LogP contribution is 2.10. The number of hydrogen-bond donors (Lipinski definition) is 1. The lowest BCUT2D eigenvalue weighted by molar-refractivity contribution is -0.119. The van der Waals surface area contributed by atoms with Gasteiger partial charge in [0.1, 0.15) is 6.04 Å². The molecular formula is C12H14ClNO3. The van der Waals surface area contributed by atoms with Crippen molar-refractivity contribution in [1.82, 2.24) is 5.32 Å². The summed E-state index contributed by atoms with van der Waals surface area (Å²) in [7, 11) is 1.47. The molecule has 1 N–H and O–H groups in total. The molecule has 1 aromatic carbocycles. The molecule has 92 valence electrons. The number of hydrogen-bond acceptors (Lipinski definition) is 3. The number of carbonyl (C=O) groups excluding carboxylic acids is 2. The van der Waals surface area contributed by atoms with Crippen LogP contribution in [0.25, 0.3) is 0 Å². The van der Waals surface area contributed by atoms with E-state index in [2.05, 4.69) is 5.32 Å². The summed E-state index contributed by atoms with van der Waals surface area (Å²) in [6, 6.07) is 5.89.